The number of nitrogens with two attached hydrogens (primary N) is 2. The SMILES string of the molecule is NCCC(=O)N(CCN)C1CCCCC1. The molecule has 0 aromatic carbocycles. The Balaban J connectivity index is 2.50. The number of carbonyl (C=O) groups is 1. The van der Waals surface area contributed by atoms with Crippen molar-refractivity contribution in [1.29, 1.82) is 0 Å². The third-order valence-corrected chi connectivity index (χ3v) is 3.06. The van der Waals surface area contributed by atoms with Crippen LogP contribution in [0.1, 0.15) is 38.5 Å². The van der Waals surface area contributed by atoms with Crippen molar-refractivity contribution < 1.29 is 4.79 Å². The summed E-state index contributed by atoms with van der Waals surface area (Å²) < 4.78 is 0. The number of amides is 1. The lowest BCUT2D eigenvalue weighted by atomic mass is 9.94. The van der Waals surface area contributed by atoms with E-state index in [1.807, 2.05) is 4.90 Å². The molecule has 0 radical (unpaired) electrons. The van der Waals surface area contributed by atoms with Crippen LogP contribution in [0.2, 0.25) is 0 Å². The molecule has 0 spiro atoms. The van der Waals surface area contributed by atoms with Crippen LogP contribution in [-0.4, -0.2) is 36.5 Å². The lowest BCUT2D eigenvalue weighted by Gasteiger charge is -2.34. The molecule has 4 nitrogen and oxygen atoms in total. The lowest BCUT2D eigenvalue weighted by molar-refractivity contribution is -0.133. The van der Waals surface area contributed by atoms with Gasteiger partial charge in [0.2, 0.25) is 5.91 Å². The van der Waals surface area contributed by atoms with E-state index in [0.29, 0.717) is 32.1 Å². The van der Waals surface area contributed by atoms with E-state index in [1.165, 1.54) is 19.3 Å². The van der Waals surface area contributed by atoms with Crippen LogP contribution in [0.3, 0.4) is 0 Å². The molecule has 0 heterocycles. The molecule has 1 aliphatic carbocycles. The van der Waals surface area contributed by atoms with Gasteiger partial charge in [-0.1, -0.05) is 19.3 Å². The highest BCUT2D eigenvalue weighted by molar-refractivity contribution is 5.76. The Morgan fingerprint density at radius 3 is 2.33 bits per heavy atom. The summed E-state index contributed by atoms with van der Waals surface area (Å²) in [5, 5.41) is 0. The maximum atomic E-state index is 11.8. The topological polar surface area (TPSA) is 72.4 Å². The van der Waals surface area contributed by atoms with E-state index in [4.69, 9.17) is 11.5 Å². The number of hydrogen-bond acceptors (Lipinski definition) is 3. The second-order valence-corrected chi connectivity index (χ2v) is 4.21. The maximum absolute atomic E-state index is 11.8. The number of carbonyl (C=O) groups excluding carboxylic acids is 1. The zero-order valence-electron chi connectivity index (χ0n) is 9.45. The second-order valence-electron chi connectivity index (χ2n) is 4.21. The van der Waals surface area contributed by atoms with Gasteiger partial charge in [0.25, 0.3) is 0 Å². The van der Waals surface area contributed by atoms with Crippen LogP contribution in [0.5, 0.6) is 0 Å². The van der Waals surface area contributed by atoms with Crippen LogP contribution < -0.4 is 11.5 Å². The van der Waals surface area contributed by atoms with Crippen LogP contribution in [-0.2, 0) is 4.79 Å². The van der Waals surface area contributed by atoms with Crippen molar-refractivity contribution in [2.24, 2.45) is 11.5 Å². The average molecular weight is 213 g/mol. The minimum absolute atomic E-state index is 0.176. The van der Waals surface area contributed by atoms with Crippen LogP contribution in [0.4, 0.5) is 0 Å². The Labute approximate surface area is 92.0 Å². The summed E-state index contributed by atoms with van der Waals surface area (Å²) in [5.74, 6) is 0.176. The Morgan fingerprint density at radius 1 is 1.13 bits per heavy atom. The highest BCUT2D eigenvalue weighted by Gasteiger charge is 2.23. The van der Waals surface area contributed by atoms with E-state index in [2.05, 4.69) is 0 Å². The van der Waals surface area contributed by atoms with E-state index in [-0.39, 0.29) is 5.91 Å². The highest BCUT2D eigenvalue weighted by atomic mass is 16.2. The summed E-state index contributed by atoms with van der Waals surface area (Å²) in [4.78, 5) is 13.8. The molecule has 4 heteroatoms. The Hall–Kier alpha value is -0.610. The zero-order valence-corrected chi connectivity index (χ0v) is 9.45. The van der Waals surface area contributed by atoms with Gasteiger partial charge in [0, 0.05) is 32.1 Å². The van der Waals surface area contributed by atoms with Crippen LogP contribution in [0.25, 0.3) is 0 Å². The third kappa shape index (κ3) is 3.80. The molecule has 1 rings (SSSR count). The first kappa shape index (κ1) is 12.5. The molecule has 1 amide bonds. The molecular formula is C11H23N3O. The quantitative estimate of drug-likeness (QED) is 0.696. The van der Waals surface area contributed by atoms with Crippen LogP contribution >= 0.6 is 0 Å². The van der Waals surface area contributed by atoms with Crippen molar-refractivity contribution in [2.75, 3.05) is 19.6 Å². The fourth-order valence-electron chi connectivity index (χ4n) is 2.31. The zero-order chi connectivity index (χ0) is 11.1. The van der Waals surface area contributed by atoms with Gasteiger partial charge in [0.1, 0.15) is 0 Å². The Kier molecular flexibility index (Phi) is 5.65. The predicted octanol–water partition coefficient (Wildman–Crippen LogP) is 0.455. The monoisotopic (exact) mass is 213 g/mol. The average Bonchev–Trinajstić information content (AvgIpc) is 2.27. The number of nitrogens with zero attached hydrogens (tertiary/aromatic N) is 1. The van der Waals surface area contributed by atoms with Gasteiger partial charge < -0.3 is 16.4 Å². The van der Waals surface area contributed by atoms with Gasteiger partial charge in [-0.2, -0.15) is 0 Å². The summed E-state index contributed by atoms with van der Waals surface area (Å²) in [7, 11) is 0. The van der Waals surface area contributed by atoms with Crippen LogP contribution in [0, 0.1) is 0 Å². The minimum atomic E-state index is 0.176. The van der Waals surface area contributed by atoms with Gasteiger partial charge >= 0.3 is 0 Å². The van der Waals surface area contributed by atoms with E-state index in [1.54, 1.807) is 0 Å². The molecule has 0 aliphatic heterocycles. The van der Waals surface area contributed by atoms with Gasteiger partial charge in [-0.25, -0.2) is 0 Å². The molecule has 1 fully saturated rings. The number of hydrogen-bond donors (Lipinski definition) is 2. The molecular weight excluding hydrogens is 190 g/mol. The third-order valence-electron chi connectivity index (χ3n) is 3.06. The largest absolute Gasteiger partial charge is 0.338 e. The molecule has 0 unspecified atom stereocenters. The second kappa shape index (κ2) is 6.80. The molecule has 0 bridgehead atoms. The van der Waals surface area contributed by atoms with Crippen molar-refractivity contribution in [1.82, 2.24) is 4.90 Å². The molecule has 88 valence electrons. The Bertz CT molecular complexity index is 190. The molecule has 1 aliphatic rings. The first-order valence-electron chi connectivity index (χ1n) is 5.99. The first-order chi connectivity index (χ1) is 7.29. The Morgan fingerprint density at radius 2 is 1.80 bits per heavy atom. The predicted molar refractivity (Wildman–Crippen MR) is 61.3 cm³/mol. The molecule has 0 aromatic rings. The fourth-order valence-corrected chi connectivity index (χ4v) is 2.31. The fraction of sp³-hybridized carbons (Fsp3) is 0.909. The molecule has 0 saturated heterocycles. The van der Waals surface area contributed by atoms with E-state index < -0.39 is 0 Å². The summed E-state index contributed by atoms with van der Waals surface area (Å²) in [5.41, 5.74) is 11.0. The first-order valence-corrected chi connectivity index (χ1v) is 5.99. The highest BCUT2D eigenvalue weighted by Crippen LogP contribution is 2.22. The van der Waals surface area contributed by atoms with E-state index in [9.17, 15) is 4.79 Å². The molecule has 0 atom stereocenters. The standard InChI is InChI=1S/C11H23N3O/c12-7-6-11(15)14(9-8-13)10-4-2-1-3-5-10/h10H,1-9,12-13H2. The molecule has 4 N–H and O–H groups in total. The van der Waals surface area contributed by atoms with Gasteiger partial charge in [-0.15, -0.1) is 0 Å². The molecule has 0 aromatic heterocycles. The van der Waals surface area contributed by atoms with Gasteiger partial charge in [-0.3, -0.25) is 4.79 Å². The maximum Gasteiger partial charge on any atom is 0.224 e. The van der Waals surface area contributed by atoms with Gasteiger partial charge in [0.15, 0.2) is 0 Å². The summed E-state index contributed by atoms with van der Waals surface area (Å²) in [6.45, 7) is 1.67. The lowest BCUT2D eigenvalue weighted by Crippen LogP contribution is -2.44. The van der Waals surface area contributed by atoms with Crippen molar-refractivity contribution in [3.8, 4) is 0 Å². The van der Waals surface area contributed by atoms with Gasteiger partial charge in [0.05, 0.1) is 0 Å². The van der Waals surface area contributed by atoms with Crippen molar-refractivity contribution in [3.63, 3.8) is 0 Å². The van der Waals surface area contributed by atoms with Crippen molar-refractivity contribution >= 4 is 5.91 Å². The molecule has 1 saturated carbocycles. The minimum Gasteiger partial charge on any atom is -0.338 e. The van der Waals surface area contributed by atoms with Gasteiger partial charge in [-0.05, 0) is 12.8 Å². The van der Waals surface area contributed by atoms with Crippen molar-refractivity contribution in [2.45, 2.75) is 44.6 Å². The van der Waals surface area contributed by atoms with E-state index >= 15 is 0 Å². The number of rotatable bonds is 5. The molecule has 15 heavy (non-hydrogen) atoms. The van der Waals surface area contributed by atoms with E-state index in [0.717, 1.165) is 12.8 Å². The summed E-state index contributed by atoms with van der Waals surface area (Å²) >= 11 is 0. The van der Waals surface area contributed by atoms with Crippen molar-refractivity contribution in [3.05, 3.63) is 0 Å². The summed E-state index contributed by atoms with van der Waals surface area (Å²) in [6.07, 6.45) is 6.50. The van der Waals surface area contributed by atoms with Crippen LogP contribution in [0.15, 0.2) is 0 Å². The normalized spacial score (nSPS) is 17.7. The smallest absolute Gasteiger partial charge is 0.224 e. The summed E-state index contributed by atoms with van der Waals surface area (Å²) in [6, 6.07) is 0.418.